The standard InChI is InChI=1S/C25H25BrN2O2/c1-16-14-21(26)22(15-17(16)2)28-24(29)18(3)27-25(30)23(19-10-6-4-7-11-19)20-12-8-5-9-13-20/h4-15,18,23H,1-3H3,(H,27,30)(H,28,29)/t18-/m0/s1. The molecular formula is C25H25BrN2O2. The van der Waals surface area contributed by atoms with Gasteiger partial charge in [-0.05, 0) is 71.1 Å². The molecule has 0 unspecified atom stereocenters. The van der Waals surface area contributed by atoms with E-state index in [-0.39, 0.29) is 11.8 Å². The van der Waals surface area contributed by atoms with E-state index in [1.165, 1.54) is 0 Å². The van der Waals surface area contributed by atoms with E-state index >= 15 is 0 Å². The molecule has 5 heteroatoms. The minimum absolute atomic E-state index is 0.214. The van der Waals surface area contributed by atoms with Crippen LogP contribution in [-0.4, -0.2) is 17.9 Å². The van der Waals surface area contributed by atoms with E-state index in [1.54, 1.807) is 6.92 Å². The molecule has 0 radical (unpaired) electrons. The number of carbonyl (C=O) groups is 2. The Morgan fingerprint density at radius 3 is 1.83 bits per heavy atom. The Bertz CT molecular complexity index is 996. The predicted octanol–water partition coefficient (Wildman–Crippen LogP) is 5.34. The van der Waals surface area contributed by atoms with Crippen molar-refractivity contribution < 1.29 is 9.59 Å². The molecule has 2 N–H and O–H groups in total. The summed E-state index contributed by atoms with van der Waals surface area (Å²) in [4.78, 5) is 25.9. The molecule has 1 atom stereocenters. The lowest BCUT2D eigenvalue weighted by atomic mass is 9.90. The van der Waals surface area contributed by atoms with Crippen LogP contribution in [-0.2, 0) is 9.59 Å². The number of nitrogens with one attached hydrogen (secondary N) is 2. The molecule has 0 bridgehead atoms. The SMILES string of the molecule is Cc1cc(Br)c(NC(=O)[C@H](C)NC(=O)C(c2ccccc2)c2ccccc2)cc1C. The van der Waals surface area contributed by atoms with Gasteiger partial charge in [-0.2, -0.15) is 0 Å². The highest BCUT2D eigenvalue weighted by molar-refractivity contribution is 9.10. The second kappa shape index (κ2) is 9.72. The highest BCUT2D eigenvalue weighted by Gasteiger charge is 2.26. The molecule has 4 nitrogen and oxygen atoms in total. The summed E-state index contributed by atoms with van der Waals surface area (Å²) in [5.74, 6) is -0.975. The van der Waals surface area contributed by atoms with Crippen LogP contribution >= 0.6 is 15.9 Å². The predicted molar refractivity (Wildman–Crippen MR) is 125 cm³/mol. The highest BCUT2D eigenvalue weighted by Crippen LogP contribution is 2.27. The third-order valence-corrected chi connectivity index (χ3v) is 5.78. The summed E-state index contributed by atoms with van der Waals surface area (Å²) in [5.41, 5.74) is 4.66. The van der Waals surface area contributed by atoms with Crippen LogP contribution in [0, 0.1) is 13.8 Å². The summed E-state index contributed by atoms with van der Waals surface area (Å²) < 4.78 is 0.809. The first kappa shape index (κ1) is 21.8. The molecule has 3 aromatic rings. The number of hydrogen-bond donors (Lipinski definition) is 2. The van der Waals surface area contributed by atoms with E-state index in [0.717, 1.165) is 26.7 Å². The van der Waals surface area contributed by atoms with Gasteiger partial charge in [0.15, 0.2) is 0 Å². The maximum Gasteiger partial charge on any atom is 0.246 e. The Morgan fingerprint density at radius 2 is 1.30 bits per heavy atom. The number of anilines is 1. The van der Waals surface area contributed by atoms with Gasteiger partial charge in [0.05, 0.1) is 11.6 Å². The molecule has 154 valence electrons. The van der Waals surface area contributed by atoms with Gasteiger partial charge in [-0.3, -0.25) is 9.59 Å². The average molecular weight is 465 g/mol. The van der Waals surface area contributed by atoms with E-state index in [9.17, 15) is 9.59 Å². The van der Waals surface area contributed by atoms with Crippen LogP contribution in [0.5, 0.6) is 0 Å². The summed E-state index contributed by atoms with van der Waals surface area (Å²) in [6.07, 6.45) is 0. The Hall–Kier alpha value is -2.92. The van der Waals surface area contributed by atoms with E-state index in [2.05, 4.69) is 26.6 Å². The summed E-state index contributed by atoms with van der Waals surface area (Å²) in [6.45, 7) is 5.70. The second-order valence-electron chi connectivity index (χ2n) is 7.39. The van der Waals surface area contributed by atoms with Crippen LogP contribution in [0.2, 0.25) is 0 Å². The van der Waals surface area contributed by atoms with Gasteiger partial charge in [0.25, 0.3) is 0 Å². The van der Waals surface area contributed by atoms with Crippen LogP contribution in [0.25, 0.3) is 0 Å². The van der Waals surface area contributed by atoms with Crippen molar-refractivity contribution in [1.29, 1.82) is 0 Å². The molecule has 0 aliphatic rings. The third kappa shape index (κ3) is 5.16. The Labute approximate surface area is 185 Å². The highest BCUT2D eigenvalue weighted by atomic mass is 79.9. The molecule has 0 saturated carbocycles. The number of aryl methyl sites for hydroxylation is 2. The molecule has 30 heavy (non-hydrogen) atoms. The van der Waals surface area contributed by atoms with E-state index in [1.807, 2.05) is 86.6 Å². The van der Waals surface area contributed by atoms with Crippen molar-refractivity contribution in [1.82, 2.24) is 5.32 Å². The summed E-state index contributed by atoms with van der Waals surface area (Å²) in [6, 6.07) is 22.4. The quantitative estimate of drug-likeness (QED) is 0.516. The third-order valence-electron chi connectivity index (χ3n) is 5.12. The van der Waals surface area contributed by atoms with Crippen LogP contribution in [0.1, 0.15) is 35.1 Å². The Balaban J connectivity index is 1.77. The van der Waals surface area contributed by atoms with Crippen LogP contribution in [0.15, 0.2) is 77.3 Å². The fourth-order valence-corrected chi connectivity index (χ4v) is 3.82. The number of carbonyl (C=O) groups excluding carboxylic acids is 2. The smallest absolute Gasteiger partial charge is 0.246 e. The molecule has 0 heterocycles. The van der Waals surface area contributed by atoms with Crippen LogP contribution in [0.4, 0.5) is 5.69 Å². The number of amides is 2. The first-order chi connectivity index (χ1) is 14.4. The fraction of sp³-hybridized carbons (Fsp3) is 0.200. The van der Waals surface area contributed by atoms with Gasteiger partial charge in [-0.15, -0.1) is 0 Å². The maximum atomic E-state index is 13.2. The molecule has 2 amide bonds. The molecule has 0 fully saturated rings. The van der Waals surface area contributed by atoms with Crippen LogP contribution in [0.3, 0.4) is 0 Å². The van der Waals surface area contributed by atoms with Crippen molar-refractivity contribution in [2.45, 2.75) is 32.7 Å². The number of benzene rings is 3. The van der Waals surface area contributed by atoms with Gasteiger partial charge >= 0.3 is 0 Å². The van der Waals surface area contributed by atoms with Crippen molar-refractivity contribution >= 4 is 33.4 Å². The first-order valence-electron chi connectivity index (χ1n) is 9.84. The van der Waals surface area contributed by atoms with Gasteiger partial charge in [0, 0.05) is 4.47 Å². The monoisotopic (exact) mass is 464 g/mol. The zero-order chi connectivity index (χ0) is 21.7. The minimum Gasteiger partial charge on any atom is -0.344 e. The van der Waals surface area contributed by atoms with E-state index in [0.29, 0.717) is 5.69 Å². The zero-order valence-electron chi connectivity index (χ0n) is 17.3. The molecule has 0 aromatic heterocycles. The Kier molecular flexibility index (Phi) is 7.06. The second-order valence-corrected chi connectivity index (χ2v) is 8.24. The lowest BCUT2D eigenvalue weighted by molar-refractivity contribution is -0.126. The summed E-state index contributed by atoms with van der Waals surface area (Å²) >= 11 is 3.49. The lowest BCUT2D eigenvalue weighted by Crippen LogP contribution is -2.43. The zero-order valence-corrected chi connectivity index (χ0v) is 18.9. The van der Waals surface area contributed by atoms with Crippen molar-refractivity contribution in [3.05, 3.63) is 99.5 Å². The van der Waals surface area contributed by atoms with E-state index in [4.69, 9.17) is 0 Å². The molecule has 0 spiro atoms. The molecule has 3 aromatic carbocycles. The van der Waals surface area contributed by atoms with Crippen LogP contribution < -0.4 is 10.6 Å². The van der Waals surface area contributed by atoms with Crippen molar-refractivity contribution in [2.24, 2.45) is 0 Å². The summed E-state index contributed by atoms with van der Waals surface area (Å²) in [7, 11) is 0. The number of rotatable bonds is 6. The van der Waals surface area contributed by atoms with Crippen molar-refractivity contribution in [3.63, 3.8) is 0 Å². The molecule has 0 aliphatic carbocycles. The van der Waals surface area contributed by atoms with Gasteiger partial charge in [-0.1, -0.05) is 60.7 Å². The van der Waals surface area contributed by atoms with Gasteiger partial charge in [0.2, 0.25) is 11.8 Å². The molecule has 0 saturated heterocycles. The number of halogens is 1. The first-order valence-corrected chi connectivity index (χ1v) is 10.6. The normalized spacial score (nSPS) is 11.8. The molecule has 0 aliphatic heterocycles. The summed E-state index contributed by atoms with van der Waals surface area (Å²) in [5, 5.41) is 5.78. The maximum absolute atomic E-state index is 13.2. The average Bonchev–Trinajstić information content (AvgIpc) is 2.73. The topological polar surface area (TPSA) is 58.2 Å². The van der Waals surface area contributed by atoms with E-state index < -0.39 is 12.0 Å². The Morgan fingerprint density at radius 1 is 0.800 bits per heavy atom. The molecular weight excluding hydrogens is 440 g/mol. The minimum atomic E-state index is -0.694. The van der Waals surface area contributed by atoms with Gasteiger partial charge in [-0.25, -0.2) is 0 Å². The fourth-order valence-electron chi connectivity index (χ4n) is 3.27. The van der Waals surface area contributed by atoms with Gasteiger partial charge < -0.3 is 10.6 Å². The van der Waals surface area contributed by atoms with Gasteiger partial charge in [0.1, 0.15) is 6.04 Å². The number of hydrogen-bond acceptors (Lipinski definition) is 2. The van der Waals surface area contributed by atoms with Crippen molar-refractivity contribution in [2.75, 3.05) is 5.32 Å². The van der Waals surface area contributed by atoms with Crippen molar-refractivity contribution in [3.8, 4) is 0 Å². The molecule has 3 rings (SSSR count). The largest absolute Gasteiger partial charge is 0.344 e. The lowest BCUT2D eigenvalue weighted by Gasteiger charge is -2.21.